The summed E-state index contributed by atoms with van der Waals surface area (Å²) in [5.41, 5.74) is 0. The molecule has 0 heterocycles. The molecule has 0 atom stereocenters. The number of hydrogen-bond donors (Lipinski definition) is 0. The smallest absolute Gasteiger partial charge is 0.147 e. The third kappa shape index (κ3) is 6.63. The monoisotopic (exact) mass is 712 g/mol. The Hall–Kier alpha value is -5.92. The summed E-state index contributed by atoms with van der Waals surface area (Å²) in [5.74, 6) is -3.98. The Bertz CT molecular complexity index is 2060. The highest BCUT2D eigenvalue weighted by Gasteiger charge is 2.47. The van der Waals surface area contributed by atoms with E-state index in [2.05, 4.69) is 0 Å². The van der Waals surface area contributed by atoms with Crippen molar-refractivity contribution < 1.29 is 19.8 Å². The molecule has 0 aromatic heterocycles. The molecular formula is C46H34O4P2-2. The maximum absolute atomic E-state index is 14.1. The van der Waals surface area contributed by atoms with Crippen LogP contribution in [0.25, 0.3) is 0 Å². The summed E-state index contributed by atoms with van der Waals surface area (Å²) in [4.78, 5) is 27.8. The Kier molecular flexibility index (Phi) is 11.0. The highest BCUT2D eigenvalue weighted by atomic mass is 31.2. The molecule has 0 amide bonds. The zero-order valence-electron chi connectivity index (χ0n) is 28.2. The van der Waals surface area contributed by atoms with Gasteiger partial charge in [-0.3, -0.25) is 5.76 Å². The lowest BCUT2D eigenvalue weighted by Gasteiger charge is -2.41. The van der Waals surface area contributed by atoms with Crippen molar-refractivity contribution in [3.8, 4) is 0 Å². The van der Waals surface area contributed by atoms with E-state index in [4.69, 9.17) is 13.2 Å². The van der Waals surface area contributed by atoms with E-state index in [1.165, 1.54) is 0 Å². The van der Waals surface area contributed by atoms with Gasteiger partial charge in [0.15, 0.2) is 0 Å². The van der Waals surface area contributed by atoms with Gasteiger partial charge in [-0.15, -0.1) is 0 Å². The lowest BCUT2D eigenvalue weighted by atomic mass is 10.2. The van der Waals surface area contributed by atoms with E-state index >= 15 is 0 Å². The van der Waals surface area contributed by atoms with Crippen LogP contribution in [-0.4, -0.2) is 11.6 Å². The van der Waals surface area contributed by atoms with Crippen molar-refractivity contribution in [2.24, 2.45) is 0 Å². The number of hydrogen-bond acceptors (Lipinski definition) is 4. The van der Waals surface area contributed by atoms with Gasteiger partial charge < -0.3 is 19.8 Å². The Morgan fingerprint density at radius 1 is 0.404 bits per heavy atom. The minimum atomic E-state index is -3.04. The summed E-state index contributed by atoms with van der Waals surface area (Å²) in [5, 5.41) is 32.2. The zero-order valence-corrected chi connectivity index (χ0v) is 29.9. The molecule has 0 unspecified atom stereocenters. The fourth-order valence-corrected chi connectivity index (χ4v) is 14.5. The molecule has 0 saturated heterocycles. The molecule has 6 aromatic rings. The number of rotatable bonds is 13. The fraction of sp³-hybridized carbons (Fsp3) is 0. The van der Waals surface area contributed by atoms with Gasteiger partial charge in [0.05, 0.1) is 0 Å². The second-order valence-corrected chi connectivity index (χ2v) is 18.6. The molecule has 0 N–H and O–H groups in total. The molecule has 4 nitrogen and oxygen atoms in total. The predicted octanol–water partition coefficient (Wildman–Crippen LogP) is 5.23. The molecule has 6 heteroatoms. The third-order valence-electron chi connectivity index (χ3n) is 8.88. The fourth-order valence-electron chi connectivity index (χ4n) is 6.50. The first kappa shape index (κ1) is 35.9. The SMILES string of the molecule is [CH-]=C(C(=O)C(=O)C=CC([O-])=C([O-])C(=[CH-])[P+](c1ccccc1)(c1ccccc1)c1ccccc1)[P+](c1ccccc1)(c1ccccc1)c1ccccc1. The lowest BCUT2D eigenvalue weighted by Crippen LogP contribution is -2.35. The summed E-state index contributed by atoms with van der Waals surface area (Å²) in [7, 11) is -6.08. The van der Waals surface area contributed by atoms with Crippen molar-refractivity contribution in [1.82, 2.24) is 0 Å². The van der Waals surface area contributed by atoms with Crippen LogP contribution in [0.2, 0.25) is 0 Å². The molecule has 0 aliphatic heterocycles. The topological polar surface area (TPSA) is 80.3 Å². The van der Waals surface area contributed by atoms with Crippen LogP contribution < -0.4 is 42.0 Å². The molecule has 0 bridgehead atoms. The minimum absolute atomic E-state index is 0.141. The standard InChI is InChI=1S/C46H36O4P2/c1-35(51(37-21-9-3-10-22-37,38-23-11-4-12-24-38)39-25-13-5-14-26-39)45(49)43(47)33-34-44(48)46(50)36(2)52(40-27-15-6-16-28-40,41-29-17-7-18-30-41)42-31-19-8-20-32-42/h1-34,47,49H/p-2. The van der Waals surface area contributed by atoms with Crippen molar-refractivity contribution in [3.05, 3.63) is 229 Å². The lowest BCUT2D eigenvalue weighted by molar-refractivity contribution is -0.348. The van der Waals surface area contributed by atoms with Crippen LogP contribution in [0.1, 0.15) is 0 Å². The molecule has 0 fully saturated rings. The summed E-state index contributed by atoms with van der Waals surface area (Å²) < 4.78 is 0. The van der Waals surface area contributed by atoms with E-state index in [9.17, 15) is 19.8 Å². The van der Waals surface area contributed by atoms with Crippen LogP contribution in [0.5, 0.6) is 0 Å². The average molecular weight is 713 g/mol. The van der Waals surface area contributed by atoms with Crippen LogP contribution in [-0.2, 0) is 9.59 Å². The molecule has 6 rings (SSSR count). The third-order valence-corrected chi connectivity index (χ3v) is 17.2. The summed E-state index contributed by atoms with van der Waals surface area (Å²) in [6, 6.07) is 56.4. The second kappa shape index (κ2) is 16.0. The van der Waals surface area contributed by atoms with Gasteiger partial charge in [-0.05, 0) is 84.2 Å². The molecule has 0 aliphatic carbocycles. The zero-order chi connectivity index (χ0) is 36.6. The molecule has 254 valence electrons. The second-order valence-electron chi connectivity index (χ2n) is 11.8. The van der Waals surface area contributed by atoms with Crippen LogP contribution in [0, 0.1) is 13.2 Å². The van der Waals surface area contributed by atoms with E-state index in [1.807, 2.05) is 182 Å². The van der Waals surface area contributed by atoms with Gasteiger partial charge in [-0.25, -0.2) is 18.9 Å². The van der Waals surface area contributed by atoms with Gasteiger partial charge in [0.2, 0.25) is 0 Å². The first-order valence-electron chi connectivity index (χ1n) is 16.6. The number of benzene rings is 6. The number of carbonyl (C=O) groups is 2. The van der Waals surface area contributed by atoms with Gasteiger partial charge in [0.1, 0.15) is 57.9 Å². The maximum atomic E-state index is 14.1. The highest BCUT2D eigenvalue weighted by Crippen LogP contribution is 2.64. The van der Waals surface area contributed by atoms with Gasteiger partial charge in [0, 0.05) is 0 Å². The van der Waals surface area contributed by atoms with Crippen LogP contribution in [0.3, 0.4) is 0 Å². The Balaban J connectivity index is 1.41. The molecular weight excluding hydrogens is 678 g/mol. The maximum Gasteiger partial charge on any atom is 0.147 e. The number of ketones is 2. The number of Topliss-reactive ketones (excluding diaryl/α,β-unsaturated/α-hetero) is 1. The van der Waals surface area contributed by atoms with E-state index in [0.717, 1.165) is 44.0 Å². The molecule has 52 heavy (non-hydrogen) atoms. The van der Waals surface area contributed by atoms with Crippen molar-refractivity contribution in [3.63, 3.8) is 0 Å². The van der Waals surface area contributed by atoms with Crippen LogP contribution in [0.4, 0.5) is 0 Å². The average Bonchev–Trinajstić information content (AvgIpc) is 3.22. The first-order chi connectivity index (χ1) is 25.3. The largest absolute Gasteiger partial charge is 0.952 e. The molecule has 6 aromatic carbocycles. The van der Waals surface area contributed by atoms with Crippen molar-refractivity contribution in [1.29, 1.82) is 0 Å². The molecule has 0 saturated carbocycles. The van der Waals surface area contributed by atoms with E-state index in [-0.39, 0.29) is 10.6 Å². The quantitative estimate of drug-likeness (QED) is 0.0410. The van der Waals surface area contributed by atoms with Gasteiger partial charge >= 0.3 is 0 Å². The Morgan fingerprint density at radius 3 is 0.923 bits per heavy atom. The van der Waals surface area contributed by atoms with Gasteiger partial charge in [-0.1, -0.05) is 121 Å². The number of allylic oxidation sites excluding steroid dienone is 4. The minimum Gasteiger partial charge on any atom is -0.952 e. The van der Waals surface area contributed by atoms with E-state index in [0.29, 0.717) is 0 Å². The molecule has 0 aliphatic rings. The van der Waals surface area contributed by atoms with E-state index < -0.39 is 37.6 Å². The Labute approximate surface area is 306 Å². The van der Waals surface area contributed by atoms with Crippen molar-refractivity contribution >= 4 is 57.9 Å². The predicted molar refractivity (Wildman–Crippen MR) is 212 cm³/mol. The molecule has 0 spiro atoms. The Morgan fingerprint density at radius 2 is 0.654 bits per heavy atom. The van der Waals surface area contributed by atoms with Gasteiger partial charge in [-0.2, -0.15) is 0 Å². The van der Waals surface area contributed by atoms with Crippen LogP contribution in [0.15, 0.2) is 216 Å². The highest BCUT2D eigenvalue weighted by molar-refractivity contribution is 8.00. The number of carbonyl (C=O) groups excluding carboxylic acids is 2. The van der Waals surface area contributed by atoms with Gasteiger partial charge in [0.25, 0.3) is 0 Å². The normalized spacial score (nSPS) is 12.2. The molecule has 0 radical (unpaired) electrons. The van der Waals surface area contributed by atoms with E-state index in [1.54, 1.807) is 0 Å². The summed E-state index contributed by atoms with van der Waals surface area (Å²) >= 11 is 0. The summed E-state index contributed by atoms with van der Waals surface area (Å²) in [6.07, 6.45) is 1.65. The first-order valence-corrected chi connectivity index (χ1v) is 20.1. The van der Waals surface area contributed by atoms with Crippen molar-refractivity contribution in [2.45, 2.75) is 0 Å². The van der Waals surface area contributed by atoms with Crippen LogP contribution >= 0.6 is 14.5 Å². The summed E-state index contributed by atoms with van der Waals surface area (Å²) in [6.45, 7) is 13.7. The van der Waals surface area contributed by atoms with Crippen molar-refractivity contribution in [2.75, 3.05) is 0 Å².